The molecule has 0 radical (unpaired) electrons. The van der Waals surface area contributed by atoms with E-state index >= 15 is 0 Å². The Morgan fingerprint density at radius 1 is 1.03 bits per heavy atom. The molecule has 0 aliphatic carbocycles. The van der Waals surface area contributed by atoms with Gasteiger partial charge >= 0.3 is 0 Å². The number of carbonyl (C=O) groups is 2. The highest BCUT2D eigenvalue weighted by Gasteiger charge is 2.38. The summed E-state index contributed by atoms with van der Waals surface area (Å²) in [6, 6.07) is 20.0. The van der Waals surface area contributed by atoms with Crippen LogP contribution in [0.3, 0.4) is 0 Å². The number of nitrogens with one attached hydrogen (secondary N) is 1. The van der Waals surface area contributed by atoms with Gasteiger partial charge in [-0.1, -0.05) is 78.7 Å². The Labute approximate surface area is 232 Å². The number of ether oxygens (including phenoxy) is 3. The first kappa shape index (κ1) is 29.0. The average molecular weight is 535 g/mol. The molecule has 0 bridgehead atoms. The molecule has 2 amide bonds. The first-order valence-corrected chi connectivity index (χ1v) is 14.1. The first-order chi connectivity index (χ1) is 19.0. The summed E-state index contributed by atoms with van der Waals surface area (Å²) in [5, 5.41) is 3.03. The van der Waals surface area contributed by atoms with Crippen molar-refractivity contribution in [3.63, 3.8) is 0 Å². The van der Waals surface area contributed by atoms with Crippen LogP contribution in [0, 0.1) is 5.92 Å². The van der Waals surface area contributed by atoms with Crippen molar-refractivity contribution >= 4 is 11.8 Å². The van der Waals surface area contributed by atoms with Crippen LogP contribution in [0.2, 0.25) is 0 Å². The minimum Gasteiger partial charge on any atom is -0.370 e. The summed E-state index contributed by atoms with van der Waals surface area (Å²) in [5.74, 6) is 0.441. The van der Waals surface area contributed by atoms with Crippen molar-refractivity contribution in [3.8, 4) is 0 Å². The fourth-order valence-corrected chi connectivity index (χ4v) is 5.73. The third-order valence-electron chi connectivity index (χ3n) is 7.79. The van der Waals surface area contributed by atoms with E-state index < -0.39 is 12.2 Å². The Balaban J connectivity index is 1.52. The Kier molecular flexibility index (Phi) is 11.1. The number of methoxy groups -OCH3 is 1. The lowest BCUT2D eigenvalue weighted by Crippen LogP contribution is -2.39. The predicted octanol–water partition coefficient (Wildman–Crippen LogP) is 5.00. The molecular weight excluding hydrogens is 492 g/mol. The maximum atomic E-state index is 13.1. The van der Waals surface area contributed by atoms with E-state index in [1.54, 1.807) is 7.11 Å². The summed E-state index contributed by atoms with van der Waals surface area (Å²) in [7, 11) is 1.59. The number of amides is 2. The third kappa shape index (κ3) is 8.49. The molecule has 0 spiro atoms. The van der Waals surface area contributed by atoms with Gasteiger partial charge in [-0.3, -0.25) is 9.59 Å². The van der Waals surface area contributed by atoms with Crippen molar-refractivity contribution in [2.24, 2.45) is 5.92 Å². The van der Waals surface area contributed by atoms with E-state index in [0.717, 1.165) is 43.4 Å². The predicted molar refractivity (Wildman–Crippen MR) is 151 cm³/mol. The van der Waals surface area contributed by atoms with Gasteiger partial charge in [-0.05, 0) is 37.3 Å². The molecule has 0 saturated carbocycles. The molecule has 2 fully saturated rings. The second-order valence-corrected chi connectivity index (χ2v) is 10.5. The number of benzene rings is 2. The van der Waals surface area contributed by atoms with Gasteiger partial charge in [0, 0.05) is 38.6 Å². The van der Waals surface area contributed by atoms with E-state index in [2.05, 4.69) is 23.2 Å². The van der Waals surface area contributed by atoms with Crippen LogP contribution in [0.15, 0.2) is 72.3 Å². The zero-order valence-electron chi connectivity index (χ0n) is 23.2. The summed E-state index contributed by atoms with van der Waals surface area (Å²) < 4.78 is 17.8. The van der Waals surface area contributed by atoms with Crippen LogP contribution >= 0.6 is 0 Å². The smallest absolute Gasteiger partial charge is 0.222 e. The molecule has 4 atom stereocenters. The van der Waals surface area contributed by atoms with Crippen LogP contribution in [-0.2, 0) is 37.0 Å². The van der Waals surface area contributed by atoms with E-state index in [1.807, 2.05) is 60.7 Å². The lowest BCUT2D eigenvalue weighted by atomic mass is 9.86. The van der Waals surface area contributed by atoms with Crippen LogP contribution < -0.4 is 5.32 Å². The second kappa shape index (κ2) is 15.0. The molecule has 2 aromatic carbocycles. The zero-order chi connectivity index (χ0) is 27.5. The molecule has 39 heavy (non-hydrogen) atoms. The molecule has 7 heteroatoms. The molecular formula is C32H42N2O5. The molecule has 2 aromatic rings. The van der Waals surface area contributed by atoms with Gasteiger partial charge in [0.25, 0.3) is 0 Å². The van der Waals surface area contributed by atoms with Crippen molar-refractivity contribution in [2.75, 3.05) is 20.4 Å². The summed E-state index contributed by atoms with van der Waals surface area (Å²) >= 11 is 0. The molecule has 2 saturated heterocycles. The van der Waals surface area contributed by atoms with Gasteiger partial charge in [-0.2, -0.15) is 0 Å². The Bertz CT molecular complexity index is 1070. The Hall–Kier alpha value is -3.00. The molecule has 2 aliphatic heterocycles. The van der Waals surface area contributed by atoms with E-state index in [9.17, 15) is 9.59 Å². The number of hydrogen-bond donors (Lipinski definition) is 1. The minimum atomic E-state index is -0.516. The zero-order valence-corrected chi connectivity index (χ0v) is 23.2. The molecule has 2 aliphatic rings. The topological polar surface area (TPSA) is 77.1 Å². The van der Waals surface area contributed by atoms with E-state index in [1.165, 1.54) is 5.57 Å². The number of carbonyl (C=O) groups excluding carboxylic acids is 2. The molecule has 7 nitrogen and oxygen atoms in total. The Morgan fingerprint density at radius 2 is 1.74 bits per heavy atom. The lowest BCUT2D eigenvalue weighted by Gasteiger charge is -2.31. The van der Waals surface area contributed by atoms with Gasteiger partial charge in [-0.25, -0.2) is 0 Å². The van der Waals surface area contributed by atoms with Gasteiger partial charge in [0.05, 0.1) is 19.1 Å². The van der Waals surface area contributed by atoms with Crippen LogP contribution in [0.4, 0.5) is 0 Å². The van der Waals surface area contributed by atoms with E-state index in [0.29, 0.717) is 19.6 Å². The van der Waals surface area contributed by atoms with Crippen LogP contribution in [0.5, 0.6) is 0 Å². The van der Waals surface area contributed by atoms with Gasteiger partial charge in [0.1, 0.15) is 12.9 Å². The van der Waals surface area contributed by atoms with Gasteiger partial charge in [-0.15, -0.1) is 0 Å². The summed E-state index contributed by atoms with van der Waals surface area (Å²) in [6.07, 6.45) is 5.96. The SMILES string of the molecule is COCOC(/C=C(\C)[C@H]1CCCCN2C(=O)CC[C@@H]12)[C@@H](CC(=O)NCc1ccccc1)OCc1ccccc1. The quantitative estimate of drug-likeness (QED) is 0.289. The largest absolute Gasteiger partial charge is 0.370 e. The van der Waals surface area contributed by atoms with Crippen molar-refractivity contribution in [3.05, 3.63) is 83.4 Å². The molecule has 0 aromatic heterocycles. The van der Waals surface area contributed by atoms with Crippen molar-refractivity contribution < 1.29 is 23.8 Å². The average Bonchev–Trinajstić information content (AvgIpc) is 3.18. The molecule has 1 unspecified atom stereocenters. The number of fused-ring (bicyclic) bond motifs is 1. The molecule has 210 valence electrons. The number of rotatable bonds is 13. The maximum Gasteiger partial charge on any atom is 0.222 e. The highest BCUT2D eigenvalue weighted by atomic mass is 16.7. The monoisotopic (exact) mass is 534 g/mol. The van der Waals surface area contributed by atoms with Gasteiger partial charge in [0.15, 0.2) is 0 Å². The normalized spacial score (nSPS) is 21.2. The van der Waals surface area contributed by atoms with E-state index in [-0.39, 0.29) is 37.0 Å². The van der Waals surface area contributed by atoms with E-state index in [4.69, 9.17) is 14.2 Å². The standard InChI is InChI=1S/C32H42N2O5/c1-24(27-15-9-10-18-34-28(27)16-17-32(34)36)19-29(39-23-37-2)30(38-22-26-13-7-4-8-14-26)20-31(35)33-21-25-11-5-3-6-12-25/h3-8,11-14,19,27-30H,9-10,15-18,20-23H2,1-2H3,(H,33,35)/b24-19+/t27-,28+,29?,30-/m1/s1. The third-order valence-corrected chi connectivity index (χ3v) is 7.79. The lowest BCUT2D eigenvalue weighted by molar-refractivity contribution is -0.136. The second-order valence-electron chi connectivity index (χ2n) is 10.5. The minimum absolute atomic E-state index is 0.0873. The van der Waals surface area contributed by atoms with Crippen molar-refractivity contribution in [1.82, 2.24) is 10.2 Å². The number of hydrogen-bond acceptors (Lipinski definition) is 5. The molecule has 1 N–H and O–H groups in total. The van der Waals surface area contributed by atoms with Crippen molar-refractivity contribution in [2.45, 2.75) is 76.9 Å². The first-order valence-electron chi connectivity index (χ1n) is 14.1. The molecule has 4 rings (SSSR count). The number of nitrogens with zero attached hydrogens (tertiary/aromatic N) is 1. The van der Waals surface area contributed by atoms with Crippen LogP contribution in [0.1, 0.15) is 56.6 Å². The molecule has 2 heterocycles. The van der Waals surface area contributed by atoms with Crippen LogP contribution in [-0.4, -0.2) is 55.4 Å². The fourth-order valence-electron chi connectivity index (χ4n) is 5.73. The summed E-state index contributed by atoms with van der Waals surface area (Å²) in [5.41, 5.74) is 3.25. The van der Waals surface area contributed by atoms with Gasteiger partial charge < -0.3 is 24.4 Å². The van der Waals surface area contributed by atoms with Crippen LogP contribution in [0.25, 0.3) is 0 Å². The van der Waals surface area contributed by atoms with Gasteiger partial charge in [0.2, 0.25) is 11.8 Å². The summed E-state index contributed by atoms with van der Waals surface area (Å²) in [6.45, 7) is 3.89. The highest BCUT2D eigenvalue weighted by molar-refractivity contribution is 5.79. The fraction of sp³-hybridized carbons (Fsp3) is 0.500. The van der Waals surface area contributed by atoms with Crippen molar-refractivity contribution in [1.29, 1.82) is 0 Å². The maximum absolute atomic E-state index is 13.1. The highest BCUT2D eigenvalue weighted by Crippen LogP contribution is 2.36. The summed E-state index contributed by atoms with van der Waals surface area (Å²) in [4.78, 5) is 27.7. The Morgan fingerprint density at radius 3 is 2.46 bits per heavy atom.